The molecule has 0 saturated heterocycles. The summed E-state index contributed by atoms with van der Waals surface area (Å²) >= 11 is 0. The molecule has 1 saturated carbocycles. The lowest BCUT2D eigenvalue weighted by Crippen LogP contribution is -2.24. The van der Waals surface area contributed by atoms with E-state index >= 15 is 0 Å². The van der Waals surface area contributed by atoms with Gasteiger partial charge in [0.15, 0.2) is 0 Å². The molecule has 88 valence electrons. The number of aryl methyl sites for hydroxylation is 1. The number of hydrogen-bond acceptors (Lipinski definition) is 3. The summed E-state index contributed by atoms with van der Waals surface area (Å²) in [7, 11) is 0. The molecule has 0 aliphatic heterocycles. The summed E-state index contributed by atoms with van der Waals surface area (Å²) in [6.45, 7) is 4.20. The Hall–Kier alpha value is -1.25. The van der Waals surface area contributed by atoms with Crippen molar-refractivity contribution < 1.29 is 4.74 Å². The van der Waals surface area contributed by atoms with E-state index in [4.69, 9.17) is 10.5 Å². The first-order chi connectivity index (χ1) is 7.65. The second-order valence-corrected chi connectivity index (χ2v) is 4.84. The zero-order chi connectivity index (χ0) is 11.5. The molecule has 2 N–H and O–H groups in total. The molecule has 0 bridgehead atoms. The van der Waals surface area contributed by atoms with Gasteiger partial charge in [-0.25, -0.2) is 4.98 Å². The monoisotopic (exact) mass is 220 g/mol. The van der Waals surface area contributed by atoms with Crippen molar-refractivity contribution in [3.05, 3.63) is 17.8 Å². The summed E-state index contributed by atoms with van der Waals surface area (Å²) in [6, 6.07) is 3.73. The minimum Gasteiger partial charge on any atom is -0.474 e. The standard InChI is InChI=1S/C13H20N2O/c1-9-4-3-5-11(8-9)16-13-7-6-12(14)10(2)15-13/h6-7,9,11H,3-5,8,14H2,1-2H3. The maximum absolute atomic E-state index is 5.89. The van der Waals surface area contributed by atoms with Crippen LogP contribution in [0.15, 0.2) is 12.1 Å². The first kappa shape index (κ1) is 11.2. The number of nitrogen functional groups attached to an aromatic ring is 1. The molecule has 1 fully saturated rings. The highest BCUT2D eigenvalue weighted by Gasteiger charge is 2.20. The Kier molecular flexibility index (Phi) is 3.32. The minimum absolute atomic E-state index is 0.333. The molecule has 2 atom stereocenters. The zero-order valence-corrected chi connectivity index (χ0v) is 10.1. The van der Waals surface area contributed by atoms with Crippen LogP contribution < -0.4 is 10.5 Å². The summed E-state index contributed by atoms with van der Waals surface area (Å²) in [5, 5.41) is 0. The largest absolute Gasteiger partial charge is 0.474 e. The van der Waals surface area contributed by atoms with Gasteiger partial charge in [-0.15, -0.1) is 0 Å². The van der Waals surface area contributed by atoms with Crippen LogP contribution >= 0.6 is 0 Å². The van der Waals surface area contributed by atoms with Crippen LogP contribution in [0.4, 0.5) is 5.69 Å². The van der Waals surface area contributed by atoms with E-state index in [0.29, 0.717) is 12.0 Å². The lowest BCUT2D eigenvalue weighted by atomic mass is 9.89. The fraction of sp³-hybridized carbons (Fsp3) is 0.615. The van der Waals surface area contributed by atoms with E-state index in [9.17, 15) is 0 Å². The lowest BCUT2D eigenvalue weighted by molar-refractivity contribution is 0.124. The summed E-state index contributed by atoms with van der Waals surface area (Å²) in [5.74, 6) is 1.49. The van der Waals surface area contributed by atoms with E-state index < -0.39 is 0 Å². The number of nitrogens with two attached hydrogens (primary N) is 1. The molecule has 0 spiro atoms. The van der Waals surface area contributed by atoms with E-state index in [1.54, 1.807) is 0 Å². The van der Waals surface area contributed by atoms with E-state index in [1.807, 2.05) is 19.1 Å². The van der Waals surface area contributed by atoms with Crippen molar-refractivity contribution >= 4 is 5.69 Å². The average Bonchev–Trinajstić information content (AvgIpc) is 2.24. The Morgan fingerprint density at radius 3 is 2.88 bits per heavy atom. The predicted octanol–water partition coefficient (Wildman–Crippen LogP) is 2.93. The molecule has 1 aliphatic carbocycles. The fourth-order valence-corrected chi connectivity index (χ4v) is 2.27. The van der Waals surface area contributed by atoms with Gasteiger partial charge in [-0.1, -0.05) is 13.3 Å². The summed E-state index contributed by atoms with van der Waals surface area (Å²) in [6.07, 6.45) is 5.22. The minimum atomic E-state index is 0.333. The molecular weight excluding hydrogens is 200 g/mol. The molecule has 3 nitrogen and oxygen atoms in total. The van der Waals surface area contributed by atoms with Crippen LogP contribution in [0.1, 0.15) is 38.3 Å². The molecule has 0 aromatic carbocycles. The van der Waals surface area contributed by atoms with Gasteiger partial charge in [0.05, 0.1) is 11.4 Å². The highest BCUT2D eigenvalue weighted by atomic mass is 16.5. The smallest absolute Gasteiger partial charge is 0.213 e. The molecular formula is C13H20N2O. The van der Waals surface area contributed by atoms with Crippen molar-refractivity contribution in [2.45, 2.75) is 45.6 Å². The van der Waals surface area contributed by atoms with Gasteiger partial charge >= 0.3 is 0 Å². The van der Waals surface area contributed by atoms with Crippen molar-refractivity contribution in [3.63, 3.8) is 0 Å². The van der Waals surface area contributed by atoms with Gasteiger partial charge < -0.3 is 10.5 Å². The Morgan fingerprint density at radius 1 is 1.38 bits per heavy atom. The van der Waals surface area contributed by atoms with Crippen LogP contribution in [0.25, 0.3) is 0 Å². The molecule has 3 heteroatoms. The number of ether oxygens (including phenoxy) is 1. The molecule has 1 aromatic heterocycles. The van der Waals surface area contributed by atoms with Gasteiger partial charge in [-0.05, 0) is 38.2 Å². The third kappa shape index (κ3) is 2.65. The Labute approximate surface area is 97.0 Å². The second-order valence-electron chi connectivity index (χ2n) is 4.84. The molecule has 2 unspecified atom stereocenters. The van der Waals surface area contributed by atoms with Gasteiger partial charge in [0.25, 0.3) is 0 Å². The molecule has 1 aliphatic rings. The molecule has 0 radical (unpaired) electrons. The van der Waals surface area contributed by atoms with Gasteiger partial charge in [0.1, 0.15) is 6.10 Å². The molecule has 16 heavy (non-hydrogen) atoms. The number of nitrogens with zero attached hydrogens (tertiary/aromatic N) is 1. The summed E-state index contributed by atoms with van der Waals surface area (Å²) in [5.41, 5.74) is 7.30. The maximum atomic E-state index is 5.89. The van der Waals surface area contributed by atoms with Gasteiger partial charge in [0, 0.05) is 6.07 Å². The number of anilines is 1. The fourth-order valence-electron chi connectivity index (χ4n) is 2.27. The number of pyridine rings is 1. The topological polar surface area (TPSA) is 48.1 Å². The van der Waals surface area contributed by atoms with E-state index in [2.05, 4.69) is 11.9 Å². The number of aromatic nitrogens is 1. The van der Waals surface area contributed by atoms with Crippen molar-refractivity contribution in [2.24, 2.45) is 5.92 Å². The van der Waals surface area contributed by atoms with E-state index in [-0.39, 0.29) is 0 Å². The third-order valence-electron chi connectivity index (χ3n) is 3.28. The van der Waals surface area contributed by atoms with Crippen molar-refractivity contribution in [3.8, 4) is 5.88 Å². The van der Waals surface area contributed by atoms with Gasteiger partial charge in [-0.3, -0.25) is 0 Å². The van der Waals surface area contributed by atoms with Crippen LogP contribution in [0, 0.1) is 12.8 Å². The predicted molar refractivity (Wildman–Crippen MR) is 65.4 cm³/mol. The van der Waals surface area contributed by atoms with Crippen LogP contribution in [0.5, 0.6) is 5.88 Å². The first-order valence-electron chi connectivity index (χ1n) is 6.05. The van der Waals surface area contributed by atoms with Crippen LogP contribution in [0.2, 0.25) is 0 Å². The van der Waals surface area contributed by atoms with Crippen molar-refractivity contribution in [1.82, 2.24) is 4.98 Å². The lowest BCUT2D eigenvalue weighted by Gasteiger charge is -2.27. The molecule has 0 amide bonds. The first-order valence-corrected chi connectivity index (χ1v) is 6.05. The quantitative estimate of drug-likeness (QED) is 0.833. The number of rotatable bonds is 2. The molecule has 2 rings (SSSR count). The van der Waals surface area contributed by atoms with Crippen LogP contribution in [-0.4, -0.2) is 11.1 Å². The number of hydrogen-bond donors (Lipinski definition) is 1. The highest BCUT2D eigenvalue weighted by molar-refractivity contribution is 5.43. The average molecular weight is 220 g/mol. The van der Waals surface area contributed by atoms with Crippen molar-refractivity contribution in [2.75, 3.05) is 5.73 Å². The normalized spacial score (nSPS) is 25.4. The Morgan fingerprint density at radius 2 is 2.19 bits per heavy atom. The van der Waals surface area contributed by atoms with Crippen LogP contribution in [0.3, 0.4) is 0 Å². The Bertz CT molecular complexity index is 365. The summed E-state index contributed by atoms with van der Waals surface area (Å²) < 4.78 is 5.89. The van der Waals surface area contributed by atoms with E-state index in [0.717, 1.165) is 30.1 Å². The van der Waals surface area contributed by atoms with Gasteiger partial charge in [-0.2, -0.15) is 0 Å². The SMILES string of the molecule is Cc1nc(OC2CCCC(C)C2)ccc1N. The molecule has 1 aromatic rings. The third-order valence-corrected chi connectivity index (χ3v) is 3.28. The van der Waals surface area contributed by atoms with Crippen LogP contribution in [-0.2, 0) is 0 Å². The van der Waals surface area contributed by atoms with Crippen molar-refractivity contribution in [1.29, 1.82) is 0 Å². The Balaban J connectivity index is 2.00. The maximum Gasteiger partial charge on any atom is 0.213 e. The second kappa shape index (κ2) is 4.73. The highest BCUT2D eigenvalue weighted by Crippen LogP contribution is 2.27. The molecule has 1 heterocycles. The van der Waals surface area contributed by atoms with E-state index in [1.165, 1.54) is 12.8 Å². The van der Waals surface area contributed by atoms with Gasteiger partial charge in [0.2, 0.25) is 5.88 Å². The zero-order valence-electron chi connectivity index (χ0n) is 10.1. The summed E-state index contributed by atoms with van der Waals surface area (Å²) in [4.78, 5) is 4.34.